The van der Waals surface area contributed by atoms with Crippen molar-refractivity contribution in [2.24, 2.45) is 5.73 Å². The van der Waals surface area contributed by atoms with E-state index in [0.29, 0.717) is 0 Å². The van der Waals surface area contributed by atoms with Crippen molar-refractivity contribution in [3.05, 3.63) is 42.5 Å². The molecule has 0 bridgehead atoms. The molecule has 76 valence electrons. The van der Waals surface area contributed by atoms with Crippen LogP contribution in [0.1, 0.15) is 24.9 Å². The van der Waals surface area contributed by atoms with Crippen molar-refractivity contribution in [1.29, 1.82) is 0 Å². The maximum atomic E-state index is 5.87. The molecule has 0 heterocycles. The average molecular weight is 191 g/mol. The zero-order valence-corrected chi connectivity index (χ0v) is 8.57. The van der Waals surface area contributed by atoms with Crippen molar-refractivity contribution in [3.63, 3.8) is 0 Å². The van der Waals surface area contributed by atoms with Gasteiger partial charge in [0.2, 0.25) is 0 Å². The lowest BCUT2D eigenvalue weighted by atomic mass is 10.1. The minimum absolute atomic E-state index is 0.150. The molecule has 0 aliphatic rings. The van der Waals surface area contributed by atoms with E-state index in [9.17, 15) is 0 Å². The molecule has 14 heavy (non-hydrogen) atoms. The summed E-state index contributed by atoms with van der Waals surface area (Å²) in [5, 5.41) is 0. The van der Waals surface area contributed by atoms with Gasteiger partial charge in [0.15, 0.2) is 0 Å². The molecule has 1 atom stereocenters. The molecule has 0 amide bonds. The Balaban J connectivity index is 2.85. The molecule has 0 aliphatic carbocycles. The summed E-state index contributed by atoms with van der Waals surface area (Å²) >= 11 is 0. The molecule has 1 aromatic rings. The largest absolute Gasteiger partial charge is 0.493 e. The van der Waals surface area contributed by atoms with Gasteiger partial charge in [0, 0.05) is 5.56 Å². The van der Waals surface area contributed by atoms with Crippen molar-refractivity contribution in [3.8, 4) is 5.75 Å². The molecule has 2 N–H and O–H groups in total. The molecule has 0 saturated heterocycles. The van der Waals surface area contributed by atoms with Crippen LogP contribution < -0.4 is 10.5 Å². The van der Waals surface area contributed by atoms with Crippen LogP contribution in [0.25, 0.3) is 0 Å². The Labute approximate surface area is 85.4 Å². The monoisotopic (exact) mass is 191 g/mol. The van der Waals surface area contributed by atoms with Gasteiger partial charge in [0.25, 0.3) is 0 Å². The van der Waals surface area contributed by atoms with Gasteiger partial charge in [-0.2, -0.15) is 0 Å². The van der Waals surface area contributed by atoms with E-state index in [2.05, 4.69) is 13.5 Å². The van der Waals surface area contributed by atoms with E-state index in [0.717, 1.165) is 24.3 Å². The molecule has 0 radical (unpaired) electrons. The summed E-state index contributed by atoms with van der Waals surface area (Å²) in [7, 11) is 0. The first kappa shape index (κ1) is 10.8. The van der Waals surface area contributed by atoms with Crippen LogP contribution in [0.2, 0.25) is 0 Å². The molecule has 1 rings (SSSR count). The van der Waals surface area contributed by atoms with Crippen molar-refractivity contribution in [2.75, 3.05) is 6.61 Å². The number of hydrogen-bond donors (Lipinski definition) is 1. The predicted octanol–water partition coefficient (Wildman–Crippen LogP) is 2.66. The predicted molar refractivity (Wildman–Crippen MR) is 59.4 cm³/mol. The molecule has 1 aromatic carbocycles. The molecule has 2 nitrogen and oxygen atoms in total. The van der Waals surface area contributed by atoms with Crippen LogP contribution in [0.4, 0.5) is 0 Å². The molecular formula is C12H17NO. The second-order valence-electron chi connectivity index (χ2n) is 3.15. The molecule has 0 fully saturated rings. The summed E-state index contributed by atoms with van der Waals surface area (Å²) in [4.78, 5) is 0. The lowest BCUT2D eigenvalue weighted by Crippen LogP contribution is -2.09. The standard InChI is InChI=1S/C12H17NO/c1-3-9-14-12-8-6-5-7-10(12)11(13)4-2/h4-8,11H,2-3,9,13H2,1H3/t11-/m1/s1. The molecule has 0 aliphatic heterocycles. The Morgan fingerprint density at radius 3 is 2.86 bits per heavy atom. The minimum Gasteiger partial charge on any atom is -0.493 e. The Kier molecular flexibility index (Phi) is 4.20. The first-order valence-electron chi connectivity index (χ1n) is 4.89. The summed E-state index contributed by atoms with van der Waals surface area (Å²) in [5.41, 5.74) is 6.87. The third kappa shape index (κ3) is 2.60. The van der Waals surface area contributed by atoms with E-state index in [1.807, 2.05) is 24.3 Å². The Morgan fingerprint density at radius 2 is 2.21 bits per heavy atom. The fraction of sp³-hybridized carbons (Fsp3) is 0.333. The van der Waals surface area contributed by atoms with E-state index < -0.39 is 0 Å². The van der Waals surface area contributed by atoms with E-state index in [4.69, 9.17) is 10.5 Å². The number of hydrogen-bond acceptors (Lipinski definition) is 2. The van der Waals surface area contributed by atoms with Gasteiger partial charge in [0.05, 0.1) is 12.6 Å². The van der Waals surface area contributed by atoms with Crippen LogP contribution in [0.3, 0.4) is 0 Å². The number of rotatable bonds is 5. The van der Waals surface area contributed by atoms with Crippen LogP contribution in [0, 0.1) is 0 Å². The third-order valence-electron chi connectivity index (χ3n) is 1.99. The highest BCUT2D eigenvalue weighted by atomic mass is 16.5. The lowest BCUT2D eigenvalue weighted by Gasteiger charge is -2.13. The van der Waals surface area contributed by atoms with Crippen molar-refractivity contribution < 1.29 is 4.74 Å². The van der Waals surface area contributed by atoms with Gasteiger partial charge in [-0.25, -0.2) is 0 Å². The van der Waals surface area contributed by atoms with Gasteiger partial charge >= 0.3 is 0 Å². The summed E-state index contributed by atoms with van der Waals surface area (Å²) in [6, 6.07) is 7.66. The first-order chi connectivity index (χ1) is 6.79. The molecule has 0 spiro atoms. The van der Waals surface area contributed by atoms with Gasteiger partial charge in [-0.05, 0) is 12.5 Å². The maximum Gasteiger partial charge on any atom is 0.124 e. The topological polar surface area (TPSA) is 35.2 Å². The minimum atomic E-state index is -0.150. The molecular weight excluding hydrogens is 174 g/mol. The summed E-state index contributed by atoms with van der Waals surface area (Å²) < 4.78 is 5.58. The normalized spacial score (nSPS) is 12.1. The molecule has 2 heteroatoms. The van der Waals surface area contributed by atoms with Crippen LogP contribution in [-0.2, 0) is 0 Å². The highest BCUT2D eigenvalue weighted by molar-refractivity contribution is 5.37. The van der Waals surface area contributed by atoms with Gasteiger partial charge in [-0.15, -0.1) is 6.58 Å². The number of benzene rings is 1. The van der Waals surface area contributed by atoms with E-state index in [1.165, 1.54) is 0 Å². The van der Waals surface area contributed by atoms with Crippen LogP contribution >= 0.6 is 0 Å². The lowest BCUT2D eigenvalue weighted by molar-refractivity contribution is 0.313. The van der Waals surface area contributed by atoms with Crippen LogP contribution in [0.5, 0.6) is 5.75 Å². The van der Waals surface area contributed by atoms with E-state index >= 15 is 0 Å². The van der Waals surface area contributed by atoms with E-state index in [-0.39, 0.29) is 6.04 Å². The fourth-order valence-electron chi connectivity index (χ4n) is 1.23. The SMILES string of the molecule is C=C[C@@H](N)c1ccccc1OCCC. The zero-order chi connectivity index (χ0) is 10.4. The number of nitrogens with two attached hydrogens (primary N) is 1. The van der Waals surface area contributed by atoms with Gasteiger partial charge in [-0.1, -0.05) is 31.2 Å². The second kappa shape index (κ2) is 5.45. The third-order valence-corrected chi connectivity index (χ3v) is 1.99. The maximum absolute atomic E-state index is 5.87. The highest BCUT2D eigenvalue weighted by Gasteiger charge is 2.07. The summed E-state index contributed by atoms with van der Waals surface area (Å²) in [6.45, 7) is 6.48. The number of para-hydroxylation sites is 1. The smallest absolute Gasteiger partial charge is 0.124 e. The Morgan fingerprint density at radius 1 is 1.50 bits per heavy atom. The molecule has 0 aromatic heterocycles. The van der Waals surface area contributed by atoms with Crippen LogP contribution in [0.15, 0.2) is 36.9 Å². The van der Waals surface area contributed by atoms with Gasteiger partial charge in [-0.3, -0.25) is 0 Å². The van der Waals surface area contributed by atoms with Crippen molar-refractivity contribution >= 4 is 0 Å². The summed E-state index contributed by atoms with van der Waals surface area (Å²) in [5.74, 6) is 0.863. The fourth-order valence-corrected chi connectivity index (χ4v) is 1.23. The average Bonchev–Trinajstić information content (AvgIpc) is 2.25. The van der Waals surface area contributed by atoms with Crippen molar-refractivity contribution in [1.82, 2.24) is 0 Å². The molecule has 0 saturated carbocycles. The first-order valence-corrected chi connectivity index (χ1v) is 4.89. The Bertz CT molecular complexity index is 296. The highest BCUT2D eigenvalue weighted by Crippen LogP contribution is 2.23. The Hall–Kier alpha value is -1.28. The zero-order valence-electron chi connectivity index (χ0n) is 8.57. The summed E-state index contributed by atoms with van der Waals surface area (Å²) in [6.07, 6.45) is 2.71. The quantitative estimate of drug-likeness (QED) is 0.726. The molecule has 0 unspecified atom stereocenters. The van der Waals surface area contributed by atoms with Gasteiger partial charge < -0.3 is 10.5 Å². The van der Waals surface area contributed by atoms with Crippen LogP contribution in [-0.4, -0.2) is 6.61 Å². The van der Waals surface area contributed by atoms with E-state index in [1.54, 1.807) is 6.08 Å². The number of ether oxygens (including phenoxy) is 1. The second-order valence-corrected chi connectivity index (χ2v) is 3.15. The van der Waals surface area contributed by atoms with Crippen molar-refractivity contribution in [2.45, 2.75) is 19.4 Å². The van der Waals surface area contributed by atoms with Gasteiger partial charge in [0.1, 0.15) is 5.75 Å².